The standard InChI is InChI=1S/C15H13N2.6FH/c16-13-15-10-4-5-11-17(15)12-6-9-14-7-2-1-3-8-14;;;;;;/h1-11H,12H2;6*1H/q+1;;;;;;. The Morgan fingerprint density at radius 2 is 1.39 bits per heavy atom. The van der Waals surface area contributed by atoms with Crippen LogP contribution in [0.5, 0.6) is 0 Å². The lowest BCUT2D eigenvalue weighted by Gasteiger charge is -1.94. The fraction of sp³-hybridized carbons (Fsp3) is 0.0667. The molecular formula is C15H19F6N2+. The fourth-order valence-electron chi connectivity index (χ4n) is 1.60. The first-order valence-corrected chi connectivity index (χ1v) is 5.50. The van der Waals surface area contributed by atoms with Gasteiger partial charge in [-0.2, -0.15) is 9.83 Å². The van der Waals surface area contributed by atoms with E-state index < -0.39 is 0 Å². The van der Waals surface area contributed by atoms with Crippen molar-refractivity contribution in [1.82, 2.24) is 0 Å². The quantitative estimate of drug-likeness (QED) is 0.620. The summed E-state index contributed by atoms with van der Waals surface area (Å²) < 4.78 is 1.92. The summed E-state index contributed by atoms with van der Waals surface area (Å²) in [5.41, 5.74) is 1.84. The number of hydrogen-bond acceptors (Lipinski definition) is 1. The van der Waals surface area contributed by atoms with E-state index in [4.69, 9.17) is 5.26 Å². The smallest absolute Gasteiger partial charge is 0.269 e. The Bertz CT molecular complexity index is 570. The van der Waals surface area contributed by atoms with Crippen molar-refractivity contribution in [3.8, 4) is 6.07 Å². The SMILES string of the molecule is F.F.F.F.F.F.N#Cc1cccc[n+]1CC=Cc1ccccc1. The molecule has 0 bridgehead atoms. The molecule has 130 valence electrons. The lowest BCUT2D eigenvalue weighted by Crippen LogP contribution is -2.35. The molecule has 1 aromatic heterocycles. The van der Waals surface area contributed by atoms with Gasteiger partial charge in [0.05, 0.1) is 0 Å². The summed E-state index contributed by atoms with van der Waals surface area (Å²) in [6, 6.07) is 17.9. The minimum Gasteiger partial charge on any atom is -0.269 e. The van der Waals surface area contributed by atoms with E-state index in [0.29, 0.717) is 12.2 Å². The van der Waals surface area contributed by atoms with Crippen molar-refractivity contribution in [3.63, 3.8) is 0 Å². The van der Waals surface area contributed by atoms with Crippen molar-refractivity contribution >= 4 is 6.08 Å². The highest BCUT2D eigenvalue weighted by Gasteiger charge is 2.04. The van der Waals surface area contributed by atoms with Gasteiger partial charge in [-0.1, -0.05) is 36.4 Å². The number of nitriles is 1. The highest BCUT2D eigenvalue weighted by molar-refractivity contribution is 5.48. The molecule has 0 fully saturated rings. The van der Waals surface area contributed by atoms with Crippen LogP contribution in [0.4, 0.5) is 28.2 Å². The van der Waals surface area contributed by atoms with Crippen LogP contribution in [0.15, 0.2) is 60.8 Å². The van der Waals surface area contributed by atoms with Crippen molar-refractivity contribution in [3.05, 3.63) is 72.1 Å². The molecule has 2 nitrogen and oxygen atoms in total. The van der Waals surface area contributed by atoms with E-state index in [0.717, 1.165) is 0 Å². The van der Waals surface area contributed by atoms with Crippen molar-refractivity contribution in [2.75, 3.05) is 0 Å². The van der Waals surface area contributed by atoms with Crippen molar-refractivity contribution in [2.45, 2.75) is 6.54 Å². The summed E-state index contributed by atoms with van der Waals surface area (Å²) in [4.78, 5) is 0. The number of rotatable bonds is 3. The van der Waals surface area contributed by atoms with Crippen LogP contribution in [-0.2, 0) is 6.54 Å². The first kappa shape index (κ1) is 32.2. The van der Waals surface area contributed by atoms with Gasteiger partial charge in [0.2, 0.25) is 0 Å². The lowest BCUT2D eigenvalue weighted by atomic mass is 10.2. The van der Waals surface area contributed by atoms with Crippen LogP contribution >= 0.6 is 0 Å². The molecular weight excluding hydrogens is 322 g/mol. The molecule has 0 saturated heterocycles. The average Bonchev–Trinajstić information content (AvgIpc) is 2.40. The summed E-state index contributed by atoms with van der Waals surface area (Å²) in [7, 11) is 0. The maximum Gasteiger partial charge on any atom is 0.283 e. The Labute approximate surface area is 129 Å². The van der Waals surface area contributed by atoms with Crippen LogP contribution in [0.25, 0.3) is 6.08 Å². The number of nitrogens with zero attached hydrogens (tertiary/aromatic N) is 2. The monoisotopic (exact) mass is 341 g/mol. The molecule has 1 heterocycles. The molecule has 0 aliphatic heterocycles. The normalized spacial score (nSPS) is 7.61. The molecule has 2 rings (SSSR count). The molecule has 0 aliphatic rings. The van der Waals surface area contributed by atoms with Gasteiger partial charge in [-0.3, -0.25) is 28.2 Å². The molecule has 0 saturated carbocycles. The van der Waals surface area contributed by atoms with E-state index in [1.165, 1.54) is 5.56 Å². The number of halogens is 6. The second-order valence-electron chi connectivity index (χ2n) is 3.66. The lowest BCUT2D eigenvalue weighted by molar-refractivity contribution is -0.689. The Kier molecular flexibility index (Phi) is 24.1. The second kappa shape index (κ2) is 17.2. The van der Waals surface area contributed by atoms with Crippen molar-refractivity contribution in [2.24, 2.45) is 0 Å². The van der Waals surface area contributed by atoms with Gasteiger partial charge in [0.1, 0.15) is 0 Å². The van der Waals surface area contributed by atoms with Gasteiger partial charge < -0.3 is 0 Å². The van der Waals surface area contributed by atoms with Gasteiger partial charge in [0.25, 0.3) is 5.69 Å². The molecule has 0 atom stereocenters. The van der Waals surface area contributed by atoms with E-state index in [1.807, 2.05) is 47.2 Å². The minimum absolute atomic E-state index is 0. The summed E-state index contributed by atoms with van der Waals surface area (Å²) in [5.74, 6) is 0. The summed E-state index contributed by atoms with van der Waals surface area (Å²) >= 11 is 0. The Balaban J connectivity index is -0.000000180. The molecule has 8 heteroatoms. The largest absolute Gasteiger partial charge is 0.283 e. The number of benzene rings is 1. The molecule has 2 aromatic rings. The Hall–Kier alpha value is -2.82. The van der Waals surface area contributed by atoms with Gasteiger partial charge in [-0.05, 0) is 17.7 Å². The third-order valence-electron chi connectivity index (χ3n) is 2.47. The Morgan fingerprint density at radius 1 is 0.826 bits per heavy atom. The topological polar surface area (TPSA) is 27.7 Å². The molecule has 0 unspecified atom stereocenters. The summed E-state index contributed by atoms with van der Waals surface area (Å²) in [5, 5.41) is 8.94. The van der Waals surface area contributed by atoms with Crippen molar-refractivity contribution < 1.29 is 32.8 Å². The van der Waals surface area contributed by atoms with Gasteiger partial charge in [-0.15, -0.1) is 0 Å². The maximum absolute atomic E-state index is 8.94. The van der Waals surface area contributed by atoms with Gasteiger partial charge in [0, 0.05) is 12.1 Å². The minimum atomic E-state index is 0. The molecule has 0 spiro atoms. The zero-order chi connectivity index (χ0) is 11.9. The first-order valence-electron chi connectivity index (χ1n) is 5.50. The highest BCUT2D eigenvalue weighted by Crippen LogP contribution is 2.00. The fourth-order valence-corrected chi connectivity index (χ4v) is 1.60. The maximum atomic E-state index is 8.94. The second-order valence-corrected chi connectivity index (χ2v) is 3.66. The van der Waals surface area contributed by atoms with E-state index >= 15 is 0 Å². The Morgan fingerprint density at radius 3 is 1.96 bits per heavy atom. The third-order valence-corrected chi connectivity index (χ3v) is 2.47. The van der Waals surface area contributed by atoms with Gasteiger partial charge >= 0.3 is 0 Å². The molecule has 0 amide bonds. The van der Waals surface area contributed by atoms with Crippen LogP contribution in [0.2, 0.25) is 0 Å². The van der Waals surface area contributed by atoms with Gasteiger partial charge in [0.15, 0.2) is 18.8 Å². The molecule has 0 aliphatic carbocycles. The number of hydrogen-bond donors (Lipinski definition) is 0. The van der Waals surface area contributed by atoms with E-state index in [1.54, 1.807) is 0 Å². The van der Waals surface area contributed by atoms with Crippen LogP contribution in [0, 0.1) is 11.3 Å². The average molecular weight is 341 g/mol. The predicted octanol–water partition coefficient (Wildman–Crippen LogP) is 3.47. The first-order chi connectivity index (χ1) is 8.40. The summed E-state index contributed by atoms with van der Waals surface area (Å²) in [6.07, 6.45) is 6.02. The van der Waals surface area contributed by atoms with Crippen LogP contribution in [0.1, 0.15) is 11.3 Å². The van der Waals surface area contributed by atoms with E-state index in [2.05, 4.69) is 30.4 Å². The summed E-state index contributed by atoms with van der Waals surface area (Å²) in [6.45, 7) is 0.707. The molecule has 23 heavy (non-hydrogen) atoms. The number of allylic oxidation sites excluding steroid dienone is 1. The highest BCUT2D eigenvalue weighted by atomic mass is 19.0. The zero-order valence-electron chi connectivity index (χ0n) is 11.9. The van der Waals surface area contributed by atoms with Crippen LogP contribution < -0.4 is 4.57 Å². The van der Waals surface area contributed by atoms with Crippen LogP contribution in [-0.4, -0.2) is 0 Å². The molecule has 0 N–H and O–H groups in total. The zero-order valence-corrected chi connectivity index (χ0v) is 11.9. The number of pyridine rings is 1. The van der Waals surface area contributed by atoms with Crippen molar-refractivity contribution in [1.29, 1.82) is 5.26 Å². The molecule has 1 aromatic carbocycles. The molecule has 0 radical (unpaired) electrons. The predicted molar refractivity (Wildman–Crippen MR) is 81.8 cm³/mol. The number of aromatic nitrogens is 1. The van der Waals surface area contributed by atoms with E-state index in [9.17, 15) is 0 Å². The van der Waals surface area contributed by atoms with Crippen LogP contribution in [0.3, 0.4) is 0 Å². The third kappa shape index (κ3) is 9.68. The van der Waals surface area contributed by atoms with E-state index in [-0.39, 0.29) is 28.2 Å². The van der Waals surface area contributed by atoms with Gasteiger partial charge in [-0.25, -0.2) is 0 Å².